The van der Waals surface area contributed by atoms with Gasteiger partial charge in [-0.05, 0) is 18.4 Å². The van der Waals surface area contributed by atoms with E-state index >= 15 is 0 Å². The van der Waals surface area contributed by atoms with Crippen molar-refractivity contribution in [3.8, 4) is 0 Å². The molecule has 18 heavy (non-hydrogen) atoms. The number of aliphatic hydroxyl groups is 2. The zero-order valence-corrected chi connectivity index (χ0v) is 10.6. The lowest BCUT2D eigenvalue weighted by Crippen LogP contribution is -2.34. The van der Waals surface area contributed by atoms with Gasteiger partial charge in [0, 0.05) is 24.2 Å². The molecule has 0 aromatic heterocycles. The fraction of sp³-hybridized carbons (Fsp3) is 0.333. The lowest BCUT2D eigenvalue weighted by molar-refractivity contribution is 0.100. The smallest absolute Gasteiger partial charge is 0.0945 e. The van der Waals surface area contributed by atoms with Gasteiger partial charge in [-0.1, -0.05) is 36.4 Å². The monoisotopic (exact) mass is 245 g/mol. The first-order chi connectivity index (χ1) is 8.76. The Morgan fingerprint density at radius 3 is 2.56 bits per heavy atom. The molecule has 1 atom stereocenters. The highest BCUT2D eigenvalue weighted by atomic mass is 16.3. The van der Waals surface area contributed by atoms with E-state index in [1.165, 1.54) is 10.8 Å². The van der Waals surface area contributed by atoms with Gasteiger partial charge in [-0.15, -0.1) is 0 Å². The molecule has 2 rings (SSSR count). The molecular formula is C15H19NO2. The normalized spacial score (nSPS) is 12.6. The Labute approximate surface area is 107 Å². The van der Waals surface area contributed by atoms with Gasteiger partial charge in [-0.25, -0.2) is 0 Å². The van der Waals surface area contributed by atoms with Crippen LogP contribution in [0.1, 0.15) is 6.92 Å². The van der Waals surface area contributed by atoms with Gasteiger partial charge in [-0.2, -0.15) is 0 Å². The van der Waals surface area contributed by atoms with Crippen molar-refractivity contribution in [3.63, 3.8) is 0 Å². The largest absolute Gasteiger partial charge is 0.394 e. The summed E-state index contributed by atoms with van der Waals surface area (Å²) in [6.07, 6.45) is -0.705. The third kappa shape index (κ3) is 2.63. The van der Waals surface area contributed by atoms with Crippen LogP contribution in [0.5, 0.6) is 0 Å². The van der Waals surface area contributed by atoms with E-state index in [1.807, 2.05) is 25.1 Å². The van der Waals surface area contributed by atoms with Crippen molar-refractivity contribution in [2.75, 3.05) is 24.6 Å². The molecule has 96 valence electrons. The molecule has 0 heterocycles. The summed E-state index contributed by atoms with van der Waals surface area (Å²) in [5, 5.41) is 20.9. The molecule has 2 aromatic carbocycles. The third-order valence-corrected chi connectivity index (χ3v) is 3.13. The first-order valence-corrected chi connectivity index (χ1v) is 6.28. The highest BCUT2D eigenvalue weighted by Gasteiger charge is 2.12. The number of hydrogen-bond donors (Lipinski definition) is 2. The SMILES string of the molecule is CCN(CC(O)CO)c1cccc2ccccc12. The van der Waals surface area contributed by atoms with E-state index in [1.54, 1.807) is 0 Å². The Bertz CT molecular complexity index is 507. The van der Waals surface area contributed by atoms with Gasteiger partial charge in [-0.3, -0.25) is 0 Å². The summed E-state index contributed by atoms with van der Waals surface area (Å²) in [5.41, 5.74) is 1.10. The number of anilines is 1. The van der Waals surface area contributed by atoms with Crippen molar-refractivity contribution in [1.29, 1.82) is 0 Å². The molecule has 0 aliphatic heterocycles. The second-order valence-electron chi connectivity index (χ2n) is 4.37. The van der Waals surface area contributed by atoms with Crippen molar-refractivity contribution < 1.29 is 10.2 Å². The number of likely N-dealkylation sites (N-methyl/N-ethyl adjacent to an activating group) is 1. The Kier molecular flexibility index (Phi) is 4.18. The van der Waals surface area contributed by atoms with Crippen LogP contribution in [-0.2, 0) is 0 Å². The lowest BCUT2D eigenvalue weighted by Gasteiger charge is -2.26. The summed E-state index contributed by atoms with van der Waals surface area (Å²) >= 11 is 0. The first kappa shape index (κ1) is 12.9. The fourth-order valence-electron chi connectivity index (χ4n) is 2.19. The quantitative estimate of drug-likeness (QED) is 0.847. The van der Waals surface area contributed by atoms with E-state index < -0.39 is 6.10 Å². The van der Waals surface area contributed by atoms with Crippen LogP contribution in [-0.4, -0.2) is 36.0 Å². The second-order valence-corrected chi connectivity index (χ2v) is 4.37. The molecule has 1 unspecified atom stereocenters. The van der Waals surface area contributed by atoms with Crippen LogP contribution in [0.25, 0.3) is 10.8 Å². The van der Waals surface area contributed by atoms with E-state index in [9.17, 15) is 5.11 Å². The molecule has 0 amide bonds. The summed E-state index contributed by atoms with van der Waals surface area (Å²) in [4.78, 5) is 2.09. The minimum absolute atomic E-state index is 0.207. The zero-order valence-electron chi connectivity index (χ0n) is 10.6. The summed E-state index contributed by atoms with van der Waals surface area (Å²) in [7, 11) is 0. The number of fused-ring (bicyclic) bond motifs is 1. The van der Waals surface area contributed by atoms with Gasteiger partial charge in [0.05, 0.1) is 12.7 Å². The predicted octanol–water partition coefficient (Wildman–Crippen LogP) is 2.02. The maximum Gasteiger partial charge on any atom is 0.0945 e. The van der Waals surface area contributed by atoms with Crippen LogP contribution in [0.2, 0.25) is 0 Å². The van der Waals surface area contributed by atoms with Crippen LogP contribution in [0.15, 0.2) is 42.5 Å². The van der Waals surface area contributed by atoms with Gasteiger partial charge in [0.25, 0.3) is 0 Å². The Morgan fingerprint density at radius 1 is 1.11 bits per heavy atom. The molecule has 3 nitrogen and oxygen atoms in total. The summed E-state index contributed by atoms with van der Waals surface area (Å²) in [5.74, 6) is 0. The average molecular weight is 245 g/mol. The van der Waals surface area contributed by atoms with E-state index in [0.29, 0.717) is 6.54 Å². The van der Waals surface area contributed by atoms with Gasteiger partial charge in [0.1, 0.15) is 0 Å². The molecule has 0 aliphatic rings. The van der Waals surface area contributed by atoms with Gasteiger partial charge < -0.3 is 15.1 Å². The number of rotatable bonds is 5. The minimum atomic E-state index is -0.705. The van der Waals surface area contributed by atoms with Crippen LogP contribution in [0.3, 0.4) is 0 Å². The molecule has 3 heteroatoms. The lowest BCUT2D eigenvalue weighted by atomic mass is 10.1. The van der Waals surface area contributed by atoms with Crippen molar-refractivity contribution in [2.24, 2.45) is 0 Å². The zero-order chi connectivity index (χ0) is 13.0. The van der Waals surface area contributed by atoms with Crippen molar-refractivity contribution in [1.82, 2.24) is 0 Å². The van der Waals surface area contributed by atoms with E-state index in [-0.39, 0.29) is 6.61 Å². The van der Waals surface area contributed by atoms with Crippen LogP contribution >= 0.6 is 0 Å². The summed E-state index contributed by atoms with van der Waals surface area (Å²) in [6, 6.07) is 14.3. The molecule has 2 aromatic rings. The maximum atomic E-state index is 9.60. The molecule has 2 N–H and O–H groups in total. The van der Waals surface area contributed by atoms with Crippen LogP contribution in [0.4, 0.5) is 5.69 Å². The third-order valence-electron chi connectivity index (χ3n) is 3.13. The van der Waals surface area contributed by atoms with E-state index in [4.69, 9.17) is 5.11 Å². The summed E-state index contributed by atoms with van der Waals surface area (Å²) in [6.45, 7) is 3.08. The van der Waals surface area contributed by atoms with Crippen LogP contribution < -0.4 is 4.90 Å². The molecule has 0 saturated heterocycles. The predicted molar refractivity (Wildman–Crippen MR) is 74.9 cm³/mol. The highest BCUT2D eigenvalue weighted by molar-refractivity contribution is 5.94. The standard InChI is InChI=1S/C15H19NO2/c1-2-16(10-13(18)11-17)15-9-5-7-12-6-3-4-8-14(12)15/h3-9,13,17-18H,2,10-11H2,1H3. The molecule has 0 spiro atoms. The first-order valence-electron chi connectivity index (χ1n) is 6.28. The van der Waals surface area contributed by atoms with Gasteiger partial charge in [0.2, 0.25) is 0 Å². The molecule has 0 aliphatic carbocycles. The second kappa shape index (κ2) is 5.85. The van der Waals surface area contributed by atoms with Crippen LogP contribution in [0, 0.1) is 0 Å². The Balaban J connectivity index is 2.38. The molecular weight excluding hydrogens is 226 g/mol. The number of benzene rings is 2. The fourth-order valence-corrected chi connectivity index (χ4v) is 2.19. The average Bonchev–Trinajstić information content (AvgIpc) is 2.44. The van der Waals surface area contributed by atoms with Gasteiger partial charge >= 0.3 is 0 Å². The summed E-state index contributed by atoms with van der Waals surface area (Å²) < 4.78 is 0. The Hall–Kier alpha value is -1.58. The number of aliphatic hydroxyl groups excluding tert-OH is 2. The molecule has 0 bridgehead atoms. The number of nitrogens with zero attached hydrogens (tertiary/aromatic N) is 1. The van der Waals surface area contributed by atoms with Crippen molar-refractivity contribution in [2.45, 2.75) is 13.0 Å². The Morgan fingerprint density at radius 2 is 1.83 bits per heavy atom. The molecule has 0 fully saturated rings. The van der Waals surface area contributed by atoms with Crippen molar-refractivity contribution in [3.05, 3.63) is 42.5 Å². The van der Waals surface area contributed by atoms with Crippen molar-refractivity contribution >= 4 is 16.5 Å². The topological polar surface area (TPSA) is 43.7 Å². The van der Waals surface area contributed by atoms with Gasteiger partial charge in [0.15, 0.2) is 0 Å². The van der Waals surface area contributed by atoms with E-state index in [2.05, 4.69) is 29.2 Å². The number of hydrogen-bond acceptors (Lipinski definition) is 3. The maximum absolute atomic E-state index is 9.60. The highest BCUT2D eigenvalue weighted by Crippen LogP contribution is 2.26. The molecule has 0 radical (unpaired) electrons. The van der Waals surface area contributed by atoms with E-state index in [0.717, 1.165) is 12.2 Å². The minimum Gasteiger partial charge on any atom is -0.394 e. The molecule has 0 saturated carbocycles.